The maximum Gasteiger partial charge on any atom is 0.314 e. The summed E-state index contributed by atoms with van der Waals surface area (Å²) in [5.41, 5.74) is 0. The van der Waals surface area contributed by atoms with Crippen molar-refractivity contribution in [3.63, 3.8) is 0 Å². The van der Waals surface area contributed by atoms with Crippen LogP contribution in [0.1, 0.15) is 26.2 Å². The molecule has 2 amide bonds. The number of nitrogens with one attached hydrogen (secondary N) is 2. The van der Waals surface area contributed by atoms with Gasteiger partial charge >= 0.3 is 12.0 Å². The summed E-state index contributed by atoms with van der Waals surface area (Å²) in [5.74, 6) is -0.0200. The molecule has 0 aliphatic heterocycles. The zero-order valence-electron chi connectivity index (χ0n) is 9.04. The predicted octanol–water partition coefficient (Wildman–Crippen LogP) is 0.649. The maximum atomic E-state index is 11.2. The Morgan fingerprint density at radius 3 is 2.60 bits per heavy atom. The second-order valence-corrected chi connectivity index (χ2v) is 3.58. The topological polar surface area (TPSA) is 67.4 Å². The van der Waals surface area contributed by atoms with Gasteiger partial charge in [0.15, 0.2) is 0 Å². The van der Waals surface area contributed by atoms with Crippen molar-refractivity contribution in [2.45, 2.75) is 26.2 Å². The summed E-state index contributed by atoms with van der Waals surface area (Å²) in [7, 11) is 0. The number of esters is 1. The number of rotatable bonds is 5. The summed E-state index contributed by atoms with van der Waals surface area (Å²) in [6.07, 6.45) is 3.02. The highest BCUT2D eigenvalue weighted by Crippen LogP contribution is 2.27. The van der Waals surface area contributed by atoms with E-state index in [1.807, 2.05) is 6.92 Å². The normalized spacial score (nSPS) is 15.3. The molecule has 0 aromatic heterocycles. The Kier molecular flexibility index (Phi) is 4.93. The van der Waals surface area contributed by atoms with Crippen LogP contribution in [0.4, 0.5) is 4.79 Å². The van der Waals surface area contributed by atoms with Gasteiger partial charge in [0.2, 0.25) is 0 Å². The standard InChI is InChI=1S/C10H18N2O3/c1-2-11-10(14)12-6-7-15-9(13)8-4-3-5-8/h8H,2-7H2,1H3,(H2,11,12,14). The van der Waals surface area contributed by atoms with E-state index in [0.29, 0.717) is 13.1 Å². The lowest BCUT2D eigenvalue weighted by molar-refractivity contribution is -0.151. The summed E-state index contributed by atoms with van der Waals surface area (Å²) in [6, 6.07) is -0.225. The number of amides is 2. The van der Waals surface area contributed by atoms with E-state index in [4.69, 9.17) is 4.74 Å². The third-order valence-electron chi connectivity index (χ3n) is 2.41. The molecule has 0 radical (unpaired) electrons. The van der Waals surface area contributed by atoms with Gasteiger partial charge in [-0.15, -0.1) is 0 Å². The largest absolute Gasteiger partial charge is 0.464 e. The highest BCUT2D eigenvalue weighted by atomic mass is 16.5. The van der Waals surface area contributed by atoms with Crippen LogP contribution in [-0.4, -0.2) is 31.7 Å². The van der Waals surface area contributed by atoms with Crippen LogP contribution in [0.3, 0.4) is 0 Å². The lowest BCUT2D eigenvalue weighted by Gasteiger charge is -2.23. The fraction of sp³-hybridized carbons (Fsp3) is 0.800. The molecule has 0 aromatic carbocycles. The van der Waals surface area contributed by atoms with Gasteiger partial charge in [0.25, 0.3) is 0 Å². The molecule has 1 saturated carbocycles. The molecule has 15 heavy (non-hydrogen) atoms. The highest BCUT2D eigenvalue weighted by Gasteiger charge is 2.26. The fourth-order valence-electron chi connectivity index (χ4n) is 1.30. The van der Waals surface area contributed by atoms with Crippen molar-refractivity contribution in [2.75, 3.05) is 19.7 Å². The summed E-state index contributed by atoms with van der Waals surface area (Å²) in [4.78, 5) is 22.2. The van der Waals surface area contributed by atoms with Gasteiger partial charge in [-0.1, -0.05) is 6.42 Å². The van der Waals surface area contributed by atoms with Crippen molar-refractivity contribution in [1.29, 1.82) is 0 Å². The average Bonchev–Trinajstić information content (AvgIpc) is 2.10. The van der Waals surface area contributed by atoms with Gasteiger partial charge < -0.3 is 15.4 Å². The fourth-order valence-corrected chi connectivity index (χ4v) is 1.30. The van der Waals surface area contributed by atoms with Crippen molar-refractivity contribution in [2.24, 2.45) is 5.92 Å². The average molecular weight is 214 g/mol. The molecule has 1 rings (SSSR count). The molecule has 5 nitrogen and oxygen atoms in total. The maximum absolute atomic E-state index is 11.2. The smallest absolute Gasteiger partial charge is 0.314 e. The van der Waals surface area contributed by atoms with Crippen LogP contribution < -0.4 is 10.6 Å². The van der Waals surface area contributed by atoms with Crippen molar-refractivity contribution in [1.82, 2.24) is 10.6 Å². The van der Waals surface area contributed by atoms with Crippen LogP contribution in [0.15, 0.2) is 0 Å². The first-order chi connectivity index (χ1) is 7.24. The van der Waals surface area contributed by atoms with Gasteiger partial charge in [-0.25, -0.2) is 4.79 Å². The summed E-state index contributed by atoms with van der Waals surface area (Å²) in [6.45, 7) is 3.06. The lowest BCUT2D eigenvalue weighted by atomic mass is 9.86. The number of hydrogen-bond donors (Lipinski definition) is 2. The first kappa shape index (κ1) is 11.8. The Labute approximate surface area is 89.6 Å². The Morgan fingerprint density at radius 1 is 1.33 bits per heavy atom. The van der Waals surface area contributed by atoms with Gasteiger partial charge in [0, 0.05) is 6.54 Å². The van der Waals surface area contributed by atoms with E-state index < -0.39 is 0 Å². The van der Waals surface area contributed by atoms with E-state index in [2.05, 4.69) is 10.6 Å². The van der Waals surface area contributed by atoms with E-state index in [-0.39, 0.29) is 24.5 Å². The van der Waals surface area contributed by atoms with E-state index in [0.717, 1.165) is 19.3 Å². The zero-order valence-corrected chi connectivity index (χ0v) is 9.04. The monoisotopic (exact) mass is 214 g/mol. The SMILES string of the molecule is CCNC(=O)NCCOC(=O)C1CCC1. The Hall–Kier alpha value is -1.26. The van der Waals surface area contributed by atoms with Crippen LogP contribution in [0.25, 0.3) is 0 Å². The zero-order chi connectivity index (χ0) is 11.1. The van der Waals surface area contributed by atoms with Crippen molar-refractivity contribution >= 4 is 12.0 Å². The van der Waals surface area contributed by atoms with Gasteiger partial charge in [-0.05, 0) is 19.8 Å². The first-order valence-electron chi connectivity index (χ1n) is 5.42. The van der Waals surface area contributed by atoms with Crippen LogP contribution in [-0.2, 0) is 9.53 Å². The summed E-state index contributed by atoms with van der Waals surface area (Å²) >= 11 is 0. The number of carbonyl (C=O) groups is 2. The summed E-state index contributed by atoms with van der Waals surface area (Å²) in [5, 5.41) is 5.17. The minimum Gasteiger partial charge on any atom is -0.464 e. The minimum absolute atomic E-state index is 0.106. The molecular weight excluding hydrogens is 196 g/mol. The van der Waals surface area contributed by atoms with Gasteiger partial charge in [-0.2, -0.15) is 0 Å². The van der Waals surface area contributed by atoms with Crippen LogP contribution >= 0.6 is 0 Å². The van der Waals surface area contributed by atoms with Crippen molar-refractivity contribution < 1.29 is 14.3 Å². The molecule has 5 heteroatoms. The van der Waals surface area contributed by atoms with E-state index in [1.165, 1.54) is 0 Å². The van der Waals surface area contributed by atoms with Gasteiger partial charge in [0.05, 0.1) is 12.5 Å². The Balaban J connectivity index is 1.96. The molecule has 0 bridgehead atoms. The summed E-state index contributed by atoms with van der Waals surface area (Å²) < 4.78 is 4.99. The second kappa shape index (κ2) is 6.27. The molecule has 2 N–H and O–H groups in total. The molecule has 0 spiro atoms. The number of hydrogen-bond acceptors (Lipinski definition) is 3. The third-order valence-corrected chi connectivity index (χ3v) is 2.41. The molecule has 0 aromatic rings. The molecule has 0 atom stereocenters. The van der Waals surface area contributed by atoms with Crippen LogP contribution in [0.2, 0.25) is 0 Å². The molecule has 86 valence electrons. The molecule has 1 aliphatic carbocycles. The van der Waals surface area contributed by atoms with Crippen LogP contribution in [0.5, 0.6) is 0 Å². The molecule has 0 unspecified atom stereocenters. The molecule has 1 aliphatic rings. The quantitative estimate of drug-likeness (QED) is 0.521. The lowest BCUT2D eigenvalue weighted by Crippen LogP contribution is -2.37. The first-order valence-corrected chi connectivity index (χ1v) is 5.42. The van der Waals surface area contributed by atoms with E-state index in [9.17, 15) is 9.59 Å². The predicted molar refractivity (Wildman–Crippen MR) is 55.4 cm³/mol. The molecule has 0 saturated heterocycles. The van der Waals surface area contributed by atoms with Crippen molar-refractivity contribution in [3.05, 3.63) is 0 Å². The molecule has 0 heterocycles. The molecule has 1 fully saturated rings. The van der Waals surface area contributed by atoms with Crippen LogP contribution in [0, 0.1) is 5.92 Å². The highest BCUT2D eigenvalue weighted by molar-refractivity contribution is 5.74. The number of carbonyl (C=O) groups excluding carboxylic acids is 2. The van der Waals surface area contributed by atoms with Crippen molar-refractivity contribution in [3.8, 4) is 0 Å². The number of urea groups is 1. The third kappa shape index (κ3) is 4.18. The second-order valence-electron chi connectivity index (χ2n) is 3.58. The van der Waals surface area contributed by atoms with E-state index in [1.54, 1.807) is 0 Å². The van der Waals surface area contributed by atoms with E-state index >= 15 is 0 Å². The Bertz CT molecular complexity index is 227. The van der Waals surface area contributed by atoms with Gasteiger partial charge in [-0.3, -0.25) is 4.79 Å². The number of ether oxygens (including phenoxy) is 1. The van der Waals surface area contributed by atoms with Gasteiger partial charge in [0.1, 0.15) is 6.61 Å². The molecular formula is C10H18N2O3. The Morgan fingerprint density at radius 2 is 2.07 bits per heavy atom. The minimum atomic E-state index is -0.225.